The van der Waals surface area contributed by atoms with Gasteiger partial charge in [-0.05, 0) is 67.6 Å². The normalized spacial score (nSPS) is 15.2. The molecular formula is C20H28N2O3S. The molecule has 0 heterocycles. The molecule has 5 nitrogen and oxygen atoms in total. The minimum atomic E-state index is -0.287. The minimum absolute atomic E-state index is 0.0414. The third kappa shape index (κ3) is 7.12. The summed E-state index contributed by atoms with van der Waals surface area (Å²) in [5, 5.41) is 5.87. The molecule has 26 heavy (non-hydrogen) atoms. The summed E-state index contributed by atoms with van der Waals surface area (Å²) in [5.74, 6) is -0.410. The Morgan fingerprint density at radius 1 is 1.12 bits per heavy atom. The highest BCUT2D eigenvalue weighted by Gasteiger charge is 2.19. The van der Waals surface area contributed by atoms with Crippen LogP contribution >= 0.6 is 12.2 Å². The maximum absolute atomic E-state index is 12.2. The van der Waals surface area contributed by atoms with Gasteiger partial charge in [-0.3, -0.25) is 4.79 Å². The van der Waals surface area contributed by atoms with Crippen molar-refractivity contribution < 1.29 is 14.3 Å². The second kappa shape index (κ2) is 9.12. The molecule has 1 fully saturated rings. The Labute approximate surface area is 160 Å². The van der Waals surface area contributed by atoms with Gasteiger partial charge < -0.3 is 15.4 Å². The van der Waals surface area contributed by atoms with Gasteiger partial charge in [0.15, 0.2) is 5.11 Å². The number of rotatable bonds is 4. The molecule has 0 spiro atoms. The molecule has 0 saturated heterocycles. The number of amides is 1. The summed E-state index contributed by atoms with van der Waals surface area (Å²) in [6.07, 6.45) is 5.81. The van der Waals surface area contributed by atoms with Crippen LogP contribution < -0.4 is 10.6 Å². The van der Waals surface area contributed by atoms with E-state index in [2.05, 4.69) is 10.6 Å². The summed E-state index contributed by atoms with van der Waals surface area (Å²) in [4.78, 5) is 24.1. The quantitative estimate of drug-likeness (QED) is 0.601. The van der Waals surface area contributed by atoms with Crippen molar-refractivity contribution in [3.63, 3.8) is 0 Å². The molecule has 1 aliphatic carbocycles. The van der Waals surface area contributed by atoms with Gasteiger partial charge in [0.1, 0.15) is 6.10 Å². The van der Waals surface area contributed by atoms with Crippen molar-refractivity contribution in [2.75, 3.05) is 5.32 Å². The molecule has 0 unspecified atom stereocenters. The summed E-state index contributed by atoms with van der Waals surface area (Å²) in [6, 6.07) is 6.90. The molecule has 2 N–H and O–H groups in total. The monoisotopic (exact) mass is 376 g/mol. The molecule has 6 heteroatoms. The van der Waals surface area contributed by atoms with E-state index in [-0.39, 0.29) is 28.5 Å². The number of carbonyl (C=O) groups excluding carboxylic acids is 2. The van der Waals surface area contributed by atoms with Crippen LogP contribution in [0, 0.1) is 5.41 Å². The Morgan fingerprint density at radius 2 is 1.73 bits per heavy atom. The summed E-state index contributed by atoms with van der Waals surface area (Å²) in [5.41, 5.74) is 1.13. The highest BCUT2D eigenvalue weighted by atomic mass is 32.1. The van der Waals surface area contributed by atoms with E-state index in [4.69, 9.17) is 17.0 Å². The van der Waals surface area contributed by atoms with Crippen molar-refractivity contribution in [2.24, 2.45) is 5.41 Å². The lowest BCUT2D eigenvalue weighted by molar-refractivity contribution is -0.121. The van der Waals surface area contributed by atoms with Gasteiger partial charge in [-0.25, -0.2) is 4.79 Å². The van der Waals surface area contributed by atoms with Crippen LogP contribution in [0.15, 0.2) is 24.3 Å². The lowest BCUT2D eigenvalue weighted by Crippen LogP contribution is -2.36. The Balaban J connectivity index is 1.83. The fourth-order valence-corrected chi connectivity index (χ4v) is 3.14. The van der Waals surface area contributed by atoms with Crippen LogP contribution in [-0.4, -0.2) is 23.1 Å². The Hall–Kier alpha value is -1.95. The van der Waals surface area contributed by atoms with E-state index in [1.165, 1.54) is 6.42 Å². The molecule has 0 atom stereocenters. The van der Waals surface area contributed by atoms with Crippen molar-refractivity contribution >= 4 is 34.9 Å². The lowest BCUT2D eigenvalue weighted by atomic mass is 9.92. The molecular weight excluding hydrogens is 348 g/mol. The van der Waals surface area contributed by atoms with Gasteiger partial charge in [-0.1, -0.05) is 27.2 Å². The van der Waals surface area contributed by atoms with Gasteiger partial charge in [-0.15, -0.1) is 0 Å². The summed E-state index contributed by atoms with van der Waals surface area (Å²) in [6.45, 7) is 5.98. The Bertz CT molecular complexity index is 644. The number of carbonyl (C=O) groups is 2. The molecule has 2 rings (SSSR count). The van der Waals surface area contributed by atoms with Gasteiger partial charge >= 0.3 is 5.97 Å². The molecule has 1 saturated carbocycles. The van der Waals surface area contributed by atoms with Gasteiger partial charge in [0.05, 0.1) is 5.56 Å². The lowest BCUT2D eigenvalue weighted by Gasteiger charge is -2.21. The van der Waals surface area contributed by atoms with E-state index >= 15 is 0 Å². The number of nitrogens with one attached hydrogen (secondary N) is 2. The van der Waals surface area contributed by atoms with Crippen molar-refractivity contribution in [3.8, 4) is 0 Å². The van der Waals surface area contributed by atoms with E-state index in [0.717, 1.165) is 25.7 Å². The van der Waals surface area contributed by atoms with Crippen LogP contribution in [0.1, 0.15) is 69.7 Å². The zero-order chi connectivity index (χ0) is 19.2. The summed E-state index contributed by atoms with van der Waals surface area (Å²) in [7, 11) is 0. The van der Waals surface area contributed by atoms with E-state index in [9.17, 15) is 9.59 Å². The fraction of sp³-hybridized carbons (Fsp3) is 0.550. The number of esters is 1. The zero-order valence-corrected chi connectivity index (χ0v) is 16.6. The third-order valence-electron chi connectivity index (χ3n) is 4.15. The molecule has 1 aliphatic rings. The molecule has 0 radical (unpaired) electrons. The van der Waals surface area contributed by atoms with Crippen LogP contribution in [-0.2, 0) is 9.53 Å². The average molecular weight is 377 g/mol. The first-order valence-electron chi connectivity index (χ1n) is 9.15. The largest absolute Gasteiger partial charge is 0.459 e. The minimum Gasteiger partial charge on any atom is -0.459 e. The van der Waals surface area contributed by atoms with Crippen molar-refractivity contribution in [1.29, 1.82) is 0 Å². The number of anilines is 1. The van der Waals surface area contributed by atoms with Gasteiger partial charge in [0.25, 0.3) is 0 Å². The van der Waals surface area contributed by atoms with Crippen molar-refractivity contribution in [1.82, 2.24) is 5.32 Å². The van der Waals surface area contributed by atoms with Crippen LogP contribution in [0.2, 0.25) is 0 Å². The molecule has 0 aromatic heterocycles. The SMILES string of the molecule is CC(C)(C)CC(=O)NC(=S)Nc1ccc(C(=O)OC2CCCCC2)cc1. The van der Waals surface area contributed by atoms with E-state index in [1.54, 1.807) is 24.3 Å². The zero-order valence-electron chi connectivity index (χ0n) is 15.8. The molecule has 1 amide bonds. The first-order chi connectivity index (χ1) is 12.2. The van der Waals surface area contributed by atoms with Crippen LogP contribution in [0.4, 0.5) is 5.69 Å². The smallest absolute Gasteiger partial charge is 0.338 e. The maximum atomic E-state index is 12.2. The molecule has 1 aromatic rings. The summed E-state index contributed by atoms with van der Waals surface area (Å²) < 4.78 is 5.56. The topological polar surface area (TPSA) is 67.4 Å². The third-order valence-corrected chi connectivity index (χ3v) is 4.35. The molecule has 0 aliphatic heterocycles. The number of hydrogen-bond acceptors (Lipinski definition) is 4. The summed E-state index contributed by atoms with van der Waals surface area (Å²) >= 11 is 5.16. The van der Waals surface area contributed by atoms with Crippen molar-refractivity contribution in [3.05, 3.63) is 29.8 Å². The highest BCUT2D eigenvalue weighted by molar-refractivity contribution is 7.80. The maximum Gasteiger partial charge on any atom is 0.338 e. The van der Waals surface area contributed by atoms with Crippen LogP contribution in [0.3, 0.4) is 0 Å². The standard InChI is InChI=1S/C20H28N2O3S/c1-20(2,3)13-17(23)22-19(26)21-15-11-9-14(10-12-15)18(24)25-16-7-5-4-6-8-16/h9-12,16H,4-8,13H2,1-3H3,(H2,21,22,23,26). The number of ether oxygens (including phenoxy) is 1. The Morgan fingerprint density at radius 3 is 2.31 bits per heavy atom. The predicted molar refractivity (Wildman–Crippen MR) is 107 cm³/mol. The molecule has 0 bridgehead atoms. The predicted octanol–water partition coefficient (Wildman–Crippen LogP) is 4.43. The van der Waals surface area contributed by atoms with Gasteiger partial charge in [0.2, 0.25) is 5.91 Å². The molecule has 1 aromatic carbocycles. The number of thiocarbonyl (C=S) groups is 1. The number of benzene rings is 1. The van der Waals surface area contributed by atoms with Gasteiger partial charge in [0, 0.05) is 12.1 Å². The van der Waals surface area contributed by atoms with E-state index < -0.39 is 0 Å². The van der Waals surface area contributed by atoms with Crippen molar-refractivity contribution in [2.45, 2.75) is 65.4 Å². The van der Waals surface area contributed by atoms with Crippen LogP contribution in [0.25, 0.3) is 0 Å². The first-order valence-corrected chi connectivity index (χ1v) is 9.56. The van der Waals surface area contributed by atoms with E-state index in [1.807, 2.05) is 20.8 Å². The second-order valence-corrected chi connectivity index (χ2v) is 8.39. The van der Waals surface area contributed by atoms with Crippen LogP contribution in [0.5, 0.6) is 0 Å². The highest BCUT2D eigenvalue weighted by Crippen LogP contribution is 2.22. The Kier molecular flexibility index (Phi) is 7.14. The average Bonchev–Trinajstić information content (AvgIpc) is 2.54. The van der Waals surface area contributed by atoms with E-state index in [0.29, 0.717) is 17.7 Å². The van der Waals surface area contributed by atoms with Gasteiger partial charge in [-0.2, -0.15) is 0 Å². The second-order valence-electron chi connectivity index (χ2n) is 7.98. The first kappa shape index (κ1) is 20.4. The fourth-order valence-electron chi connectivity index (χ4n) is 2.91. The molecule has 142 valence electrons. The number of hydrogen-bond donors (Lipinski definition) is 2.